The zero-order valence-corrected chi connectivity index (χ0v) is 15.5. The number of nitrogens with two attached hydrogens (primary N) is 1. The molecule has 1 fully saturated rings. The second-order valence-corrected chi connectivity index (χ2v) is 7.06. The van der Waals surface area contributed by atoms with Crippen LogP contribution < -0.4 is 15.8 Å². The first kappa shape index (κ1) is 18.2. The zero-order chi connectivity index (χ0) is 18.8. The predicted octanol–water partition coefficient (Wildman–Crippen LogP) is 2.40. The highest BCUT2D eigenvalue weighted by molar-refractivity contribution is 6.00. The minimum atomic E-state index is -0.517. The van der Waals surface area contributed by atoms with Gasteiger partial charge in [0.1, 0.15) is 5.75 Å². The number of methoxy groups -OCH3 is 1. The minimum Gasteiger partial charge on any atom is -0.496 e. The van der Waals surface area contributed by atoms with E-state index in [2.05, 4.69) is 12.2 Å². The van der Waals surface area contributed by atoms with Crippen LogP contribution in [-0.4, -0.2) is 34.7 Å². The van der Waals surface area contributed by atoms with Gasteiger partial charge in [-0.3, -0.25) is 14.3 Å². The second-order valence-electron chi connectivity index (χ2n) is 7.06. The molecule has 2 amide bonds. The number of carbonyl (C=O) groups excluding carboxylic acids is 2. The molecule has 3 atom stereocenters. The average Bonchev–Trinajstić information content (AvgIpc) is 3.02. The summed E-state index contributed by atoms with van der Waals surface area (Å²) in [6.07, 6.45) is 5.30. The van der Waals surface area contributed by atoms with Gasteiger partial charge in [-0.25, -0.2) is 0 Å². The van der Waals surface area contributed by atoms with E-state index in [4.69, 9.17) is 15.6 Å². The molecule has 0 saturated heterocycles. The zero-order valence-electron chi connectivity index (χ0n) is 15.5. The normalized spacial score (nSPS) is 23.0. The van der Waals surface area contributed by atoms with Crippen molar-refractivity contribution in [2.45, 2.75) is 51.6 Å². The largest absolute Gasteiger partial charge is 0.496 e. The van der Waals surface area contributed by atoms with Crippen molar-refractivity contribution < 1.29 is 14.3 Å². The summed E-state index contributed by atoms with van der Waals surface area (Å²) in [7, 11) is 1.51. The second kappa shape index (κ2) is 7.35. The van der Waals surface area contributed by atoms with Gasteiger partial charge in [0.15, 0.2) is 0 Å². The molecular weight excluding hydrogens is 332 g/mol. The van der Waals surface area contributed by atoms with E-state index < -0.39 is 5.91 Å². The van der Waals surface area contributed by atoms with Crippen molar-refractivity contribution in [3.05, 3.63) is 23.9 Å². The molecule has 0 aliphatic heterocycles. The molecule has 26 heavy (non-hydrogen) atoms. The number of nitrogens with zero attached hydrogens (tertiary/aromatic N) is 2. The van der Waals surface area contributed by atoms with E-state index in [0.29, 0.717) is 23.7 Å². The summed E-state index contributed by atoms with van der Waals surface area (Å²) in [5.41, 5.74) is 6.58. The summed E-state index contributed by atoms with van der Waals surface area (Å²) >= 11 is 0. The molecule has 3 N–H and O–H groups in total. The maximum Gasteiger partial charge on any atom is 0.252 e. The van der Waals surface area contributed by atoms with Crippen molar-refractivity contribution in [3.8, 4) is 5.75 Å². The molecule has 1 heterocycles. The van der Waals surface area contributed by atoms with Crippen LogP contribution in [0.1, 0.15) is 55.9 Å². The summed E-state index contributed by atoms with van der Waals surface area (Å²) in [5, 5.41) is 8.66. The fourth-order valence-electron chi connectivity index (χ4n) is 3.84. The van der Waals surface area contributed by atoms with Crippen LogP contribution in [0.15, 0.2) is 18.3 Å². The molecule has 0 bridgehead atoms. The van der Waals surface area contributed by atoms with E-state index in [1.165, 1.54) is 7.11 Å². The fourth-order valence-corrected chi connectivity index (χ4v) is 3.84. The molecular formula is C19H26N4O3. The maximum atomic E-state index is 11.6. The number of nitrogens with one attached hydrogen (secondary N) is 1. The number of primary amides is 1. The molecule has 1 saturated carbocycles. The number of benzene rings is 1. The first-order valence-corrected chi connectivity index (χ1v) is 9.09. The van der Waals surface area contributed by atoms with Gasteiger partial charge in [0.25, 0.3) is 5.91 Å². The predicted molar refractivity (Wildman–Crippen MR) is 99.1 cm³/mol. The number of fused-ring (bicyclic) bond motifs is 1. The monoisotopic (exact) mass is 358 g/mol. The first-order chi connectivity index (χ1) is 12.4. The van der Waals surface area contributed by atoms with Gasteiger partial charge >= 0.3 is 0 Å². The van der Waals surface area contributed by atoms with Gasteiger partial charge in [0.05, 0.1) is 24.2 Å². The van der Waals surface area contributed by atoms with Crippen molar-refractivity contribution in [1.29, 1.82) is 0 Å². The highest BCUT2D eigenvalue weighted by atomic mass is 16.5. The summed E-state index contributed by atoms with van der Waals surface area (Å²) in [5.74, 6) is 0.417. The fraction of sp³-hybridized carbons (Fsp3) is 0.526. The highest BCUT2D eigenvalue weighted by Gasteiger charge is 2.30. The molecule has 7 nitrogen and oxygen atoms in total. The van der Waals surface area contributed by atoms with Gasteiger partial charge in [0.2, 0.25) is 5.91 Å². The van der Waals surface area contributed by atoms with Crippen LogP contribution in [0.4, 0.5) is 0 Å². The summed E-state index contributed by atoms with van der Waals surface area (Å²) in [4.78, 5) is 23.2. The summed E-state index contributed by atoms with van der Waals surface area (Å²) < 4.78 is 7.25. The van der Waals surface area contributed by atoms with E-state index in [1.807, 2.05) is 17.8 Å². The van der Waals surface area contributed by atoms with E-state index >= 15 is 0 Å². The van der Waals surface area contributed by atoms with Gasteiger partial charge in [0, 0.05) is 30.1 Å². The quantitative estimate of drug-likeness (QED) is 0.857. The van der Waals surface area contributed by atoms with Gasteiger partial charge in [-0.15, -0.1) is 0 Å². The molecule has 1 aliphatic carbocycles. The van der Waals surface area contributed by atoms with Crippen LogP contribution in [0.5, 0.6) is 5.75 Å². The Morgan fingerprint density at radius 1 is 1.38 bits per heavy atom. The SMILES string of the molecule is CCC(=O)N[C@@H]1CC[C@H](n2cc3cc(C(N)=O)c(OC)cc3n2)[C@@H](C)C1. The van der Waals surface area contributed by atoms with E-state index in [0.717, 1.165) is 30.2 Å². The molecule has 0 spiro atoms. The number of rotatable bonds is 5. The Bertz CT molecular complexity index is 830. The molecule has 140 valence electrons. The smallest absolute Gasteiger partial charge is 0.252 e. The lowest BCUT2D eigenvalue weighted by molar-refractivity contribution is -0.121. The lowest BCUT2D eigenvalue weighted by atomic mass is 9.82. The number of ether oxygens (including phenoxy) is 1. The standard InChI is InChI=1S/C19H26N4O3/c1-4-18(24)21-13-5-6-16(11(2)7-13)23-10-12-8-14(19(20)25)17(26-3)9-15(12)22-23/h8-11,13,16H,4-7H2,1-3H3,(H2,20,25)(H,21,24)/t11-,13+,16-/m0/s1. The number of hydrogen-bond donors (Lipinski definition) is 2. The Morgan fingerprint density at radius 2 is 2.15 bits per heavy atom. The molecule has 2 aromatic rings. The maximum absolute atomic E-state index is 11.6. The van der Waals surface area contributed by atoms with E-state index in [1.54, 1.807) is 12.1 Å². The lowest BCUT2D eigenvalue weighted by Crippen LogP contribution is -2.40. The van der Waals surface area contributed by atoms with Crippen molar-refractivity contribution in [2.75, 3.05) is 7.11 Å². The molecule has 1 aromatic carbocycles. The average molecular weight is 358 g/mol. The summed E-state index contributed by atoms with van der Waals surface area (Å²) in [6, 6.07) is 3.99. The Balaban J connectivity index is 1.82. The Morgan fingerprint density at radius 3 is 2.77 bits per heavy atom. The van der Waals surface area contributed by atoms with Crippen molar-refractivity contribution in [2.24, 2.45) is 11.7 Å². The Kier molecular flexibility index (Phi) is 5.15. The molecule has 1 aromatic heterocycles. The Labute approximate surface area is 152 Å². The van der Waals surface area contributed by atoms with Gasteiger partial charge in [-0.05, 0) is 31.2 Å². The Hall–Kier alpha value is -2.57. The molecule has 7 heteroatoms. The third-order valence-electron chi connectivity index (χ3n) is 5.26. The topological polar surface area (TPSA) is 99.2 Å². The van der Waals surface area contributed by atoms with Gasteiger partial charge in [-0.2, -0.15) is 5.10 Å². The molecule has 3 rings (SSSR count). The van der Waals surface area contributed by atoms with Crippen LogP contribution in [0.25, 0.3) is 10.9 Å². The van der Waals surface area contributed by atoms with Crippen molar-refractivity contribution >= 4 is 22.7 Å². The first-order valence-electron chi connectivity index (χ1n) is 9.09. The molecule has 0 radical (unpaired) electrons. The van der Waals surface area contributed by atoms with Crippen molar-refractivity contribution in [3.63, 3.8) is 0 Å². The summed E-state index contributed by atoms with van der Waals surface area (Å²) in [6.45, 7) is 4.06. The third-order valence-corrected chi connectivity index (χ3v) is 5.26. The lowest BCUT2D eigenvalue weighted by Gasteiger charge is -2.34. The van der Waals surface area contributed by atoms with Crippen LogP contribution in [-0.2, 0) is 4.79 Å². The van der Waals surface area contributed by atoms with Crippen molar-refractivity contribution in [1.82, 2.24) is 15.1 Å². The highest BCUT2D eigenvalue weighted by Crippen LogP contribution is 2.35. The van der Waals surface area contributed by atoms with Crippen LogP contribution in [0.2, 0.25) is 0 Å². The van der Waals surface area contributed by atoms with Crippen LogP contribution in [0.3, 0.4) is 0 Å². The molecule has 0 unspecified atom stereocenters. The number of hydrogen-bond acceptors (Lipinski definition) is 4. The number of carbonyl (C=O) groups is 2. The third kappa shape index (κ3) is 3.52. The van der Waals surface area contributed by atoms with Crippen LogP contribution in [0, 0.1) is 5.92 Å². The van der Waals surface area contributed by atoms with Gasteiger partial charge < -0.3 is 15.8 Å². The minimum absolute atomic E-state index is 0.108. The van der Waals surface area contributed by atoms with Gasteiger partial charge in [-0.1, -0.05) is 13.8 Å². The number of amides is 2. The van der Waals surface area contributed by atoms with E-state index in [9.17, 15) is 9.59 Å². The van der Waals surface area contributed by atoms with Crippen LogP contribution >= 0.6 is 0 Å². The van der Waals surface area contributed by atoms with E-state index in [-0.39, 0.29) is 18.0 Å². The molecule has 1 aliphatic rings. The number of aromatic nitrogens is 2.